The Hall–Kier alpha value is -4.39. The number of ether oxygens (including phenoxy) is 5. The molecule has 0 radical (unpaired) electrons. The maximum Gasteiger partial charge on any atom is 0.410 e. The first-order chi connectivity index (χ1) is 31.8. The van der Waals surface area contributed by atoms with E-state index in [-0.39, 0.29) is 37.6 Å². The van der Waals surface area contributed by atoms with Gasteiger partial charge in [-0.15, -0.1) is 6.58 Å². The van der Waals surface area contributed by atoms with Crippen LogP contribution in [0.4, 0.5) is 4.79 Å². The zero-order valence-electron chi connectivity index (χ0n) is 39.8. The number of carbonyl (C=O) groups is 2. The molecule has 65 heavy (non-hydrogen) atoms. The van der Waals surface area contributed by atoms with E-state index >= 15 is 0 Å². The Morgan fingerprint density at radius 1 is 0.892 bits per heavy atom. The van der Waals surface area contributed by atoms with Gasteiger partial charge in [-0.3, -0.25) is 9.69 Å². The molecule has 1 fully saturated rings. The van der Waals surface area contributed by atoms with Gasteiger partial charge in [0.1, 0.15) is 35.6 Å². The number of benzene rings is 2. The van der Waals surface area contributed by atoms with Crippen molar-refractivity contribution in [2.45, 2.75) is 154 Å². The summed E-state index contributed by atoms with van der Waals surface area (Å²) in [5, 5.41) is 24.7. The van der Waals surface area contributed by atoms with E-state index in [1.54, 1.807) is 29.2 Å². The molecule has 0 bridgehead atoms. The van der Waals surface area contributed by atoms with E-state index in [9.17, 15) is 19.8 Å². The predicted molar refractivity (Wildman–Crippen MR) is 255 cm³/mol. The molecule has 12 nitrogen and oxygen atoms in total. The summed E-state index contributed by atoms with van der Waals surface area (Å²) in [6, 6.07) is 10.3. The average molecular weight is 903 g/mol. The van der Waals surface area contributed by atoms with Gasteiger partial charge in [0.05, 0.1) is 37.5 Å². The van der Waals surface area contributed by atoms with E-state index in [4.69, 9.17) is 33.7 Å². The van der Waals surface area contributed by atoms with Gasteiger partial charge in [0.25, 0.3) is 0 Å². The predicted octanol–water partition coefficient (Wildman–Crippen LogP) is 11.7. The number of oxime groups is 1. The highest BCUT2D eigenvalue weighted by atomic mass is 16.7. The van der Waals surface area contributed by atoms with Crippen LogP contribution >= 0.6 is 0 Å². The molecule has 2 N–H and O–H groups in total. The summed E-state index contributed by atoms with van der Waals surface area (Å²) in [6.45, 7) is 11.7. The SMILES string of the molecule is C=CCO[C@@]12Oc3ccc(Oc4ccc(OC)c(C=O)c4)cc3[C@H]3[C@H](CCCCO)[C@@H](CCCCO)C=C(C(=NOCC)C[C@@H]1N(CCC)C(=O)OCCCCCCCCCCCC)[C@H]32. The van der Waals surface area contributed by atoms with Crippen LogP contribution in [0.2, 0.25) is 0 Å². The molecule has 360 valence electrons. The summed E-state index contributed by atoms with van der Waals surface area (Å²) >= 11 is 0. The van der Waals surface area contributed by atoms with Crippen LogP contribution in [0.15, 0.2) is 65.9 Å². The van der Waals surface area contributed by atoms with Crippen LogP contribution in [0.3, 0.4) is 0 Å². The van der Waals surface area contributed by atoms with E-state index in [0.29, 0.717) is 74.0 Å². The standard InChI is InChI=1S/C53H78N2O10/c1-6-10-11-12-13-14-15-16-17-22-33-61-52(59)55(29-7-2)49-37-46(54-63-9-4)44-35-39(23-18-20-30-56)43(24-19-21-31-57)50-45-36-42(64-41-25-27-47(60-5)40(34-41)38-58)26-28-48(45)65-53(49,51(44)50)62-32-8-3/h8,25-28,34-36,38-39,43,49-51,56-57H,3,6-7,9-24,29-33,37H2,1-2,4-5H3/t39-,43+,49-,50+,51+,53+/m0/s1. The molecule has 5 rings (SSSR count). The van der Waals surface area contributed by atoms with Gasteiger partial charge in [-0.2, -0.15) is 0 Å². The first-order valence-corrected chi connectivity index (χ1v) is 24.8. The minimum atomic E-state index is -1.38. The Morgan fingerprint density at radius 3 is 2.25 bits per heavy atom. The Bertz CT molecular complexity index is 1850. The summed E-state index contributed by atoms with van der Waals surface area (Å²) in [5.41, 5.74) is 3.02. The largest absolute Gasteiger partial charge is 0.496 e. The van der Waals surface area contributed by atoms with E-state index in [0.717, 1.165) is 68.1 Å². The lowest BCUT2D eigenvalue weighted by atomic mass is 9.55. The number of aliphatic hydroxyl groups is 2. The number of methoxy groups -OCH3 is 1. The zero-order valence-corrected chi connectivity index (χ0v) is 39.8. The Labute approximate surface area is 388 Å². The lowest BCUT2D eigenvalue weighted by Gasteiger charge is -2.59. The van der Waals surface area contributed by atoms with Gasteiger partial charge in [-0.05, 0) is 99.3 Å². The van der Waals surface area contributed by atoms with Crippen molar-refractivity contribution < 1.29 is 48.3 Å². The fourth-order valence-electron chi connectivity index (χ4n) is 10.3. The molecule has 12 heteroatoms. The molecule has 1 amide bonds. The Kier molecular flexibility index (Phi) is 21.7. The highest BCUT2D eigenvalue weighted by Crippen LogP contribution is 2.62. The molecule has 0 spiro atoms. The van der Waals surface area contributed by atoms with Crippen LogP contribution in [0.1, 0.15) is 158 Å². The fourth-order valence-corrected chi connectivity index (χ4v) is 10.3. The lowest BCUT2D eigenvalue weighted by molar-refractivity contribution is -0.255. The molecular formula is C53H78N2O10. The molecule has 3 aliphatic rings. The van der Waals surface area contributed by atoms with E-state index < -0.39 is 23.8 Å². The number of rotatable bonds is 31. The number of unbranched alkanes of at least 4 members (excludes halogenated alkanes) is 11. The van der Waals surface area contributed by atoms with Crippen LogP contribution < -0.4 is 14.2 Å². The first-order valence-electron chi connectivity index (χ1n) is 24.8. The number of aldehydes is 1. The van der Waals surface area contributed by atoms with Crippen LogP contribution in [0.25, 0.3) is 0 Å². The molecule has 1 aliphatic heterocycles. The maximum atomic E-state index is 14.5. The number of amides is 1. The van der Waals surface area contributed by atoms with Gasteiger partial charge < -0.3 is 38.7 Å². The van der Waals surface area contributed by atoms with Gasteiger partial charge in [0, 0.05) is 37.7 Å². The topological polar surface area (TPSA) is 146 Å². The normalized spacial score (nSPS) is 22.5. The molecular weight excluding hydrogens is 825 g/mol. The highest BCUT2D eigenvalue weighted by molar-refractivity contribution is 6.03. The summed E-state index contributed by atoms with van der Waals surface area (Å²) in [5.74, 6) is 0.218. The third-order valence-electron chi connectivity index (χ3n) is 13.3. The van der Waals surface area contributed by atoms with Crippen molar-refractivity contribution >= 4 is 18.1 Å². The third kappa shape index (κ3) is 13.4. The van der Waals surface area contributed by atoms with Crippen molar-refractivity contribution in [3.63, 3.8) is 0 Å². The van der Waals surface area contributed by atoms with Crippen molar-refractivity contribution in [3.8, 4) is 23.0 Å². The number of hydrogen-bond acceptors (Lipinski definition) is 11. The van der Waals surface area contributed by atoms with Crippen LogP contribution in [0, 0.1) is 17.8 Å². The number of fused-ring (bicyclic) bond motifs is 2. The number of hydrogen-bond donors (Lipinski definition) is 2. The summed E-state index contributed by atoms with van der Waals surface area (Å²) in [7, 11) is 1.52. The van der Waals surface area contributed by atoms with Crippen molar-refractivity contribution in [3.05, 3.63) is 71.8 Å². The lowest BCUT2D eigenvalue weighted by Crippen LogP contribution is -2.70. The van der Waals surface area contributed by atoms with E-state index in [2.05, 4.69) is 26.5 Å². The number of carbonyl (C=O) groups excluding carboxylic acids is 2. The van der Waals surface area contributed by atoms with Gasteiger partial charge in [-0.1, -0.05) is 102 Å². The smallest absolute Gasteiger partial charge is 0.410 e. The number of nitrogens with zero attached hydrogens (tertiary/aromatic N) is 2. The van der Waals surface area contributed by atoms with Crippen molar-refractivity contribution in [1.82, 2.24) is 4.90 Å². The Balaban J connectivity index is 1.58. The minimum absolute atomic E-state index is 0.0521. The van der Waals surface area contributed by atoms with Crippen LogP contribution in [-0.4, -0.2) is 91.7 Å². The van der Waals surface area contributed by atoms with Gasteiger partial charge in [-0.25, -0.2) is 4.79 Å². The number of allylic oxidation sites excluding steroid dienone is 1. The number of aliphatic hydroxyl groups excluding tert-OH is 2. The molecule has 1 heterocycles. The van der Waals surface area contributed by atoms with Crippen molar-refractivity contribution in [2.24, 2.45) is 22.9 Å². The second-order valence-electron chi connectivity index (χ2n) is 17.8. The molecule has 1 saturated carbocycles. The second kappa shape index (κ2) is 27.3. The molecule has 2 aromatic carbocycles. The summed E-state index contributed by atoms with van der Waals surface area (Å²) < 4.78 is 32.4. The second-order valence-corrected chi connectivity index (χ2v) is 17.8. The molecule has 0 unspecified atom stereocenters. The average Bonchev–Trinajstić information content (AvgIpc) is 3.32. The summed E-state index contributed by atoms with van der Waals surface area (Å²) in [6.07, 6.45) is 21.9. The molecule has 0 aromatic heterocycles. The Morgan fingerprint density at radius 2 is 1.58 bits per heavy atom. The van der Waals surface area contributed by atoms with Gasteiger partial charge >= 0.3 is 6.09 Å². The maximum absolute atomic E-state index is 14.5. The minimum Gasteiger partial charge on any atom is -0.496 e. The third-order valence-corrected chi connectivity index (χ3v) is 13.3. The van der Waals surface area contributed by atoms with Gasteiger partial charge in [0.15, 0.2) is 6.29 Å². The molecule has 2 aromatic rings. The highest BCUT2D eigenvalue weighted by Gasteiger charge is 2.65. The first kappa shape index (κ1) is 51.6. The molecule has 6 atom stereocenters. The van der Waals surface area contributed by atoms with Crippen LogP contribution in [-0.2, 0) is 14.3 Å². The van der Waals surface area contributed by atoms with E-state index in [1.807, 2.05) is 25.1 Å². The van der Waals surface area contributed by atoms with Crippen molar-refractivity contribution in [2.75, 3.05) is 46.7 Å². The quantitative estimate of drug-likeness (QED) is 0.0324. The van der Waals surface area contributed by atoms with Gasteiger partial charge in [0.2, 0.25) is 5.79 Å². The summed E-state index contributed by atoms with van der Waals surface area (Å²) in [4.78, 5) is 34.2. The molecule has 0 saturated heterocycles. The zero-order chi connectivity index (χ0) is 46.4. The monoisotopic (exact) mass is 903 g/mol. The van der Waals surface area contributed by atoms with Crippen LogP contribution in [0.5, 0.6) is 23.0 Å². The fraction of sp³-hybridized carbons (Fsp3) is 0.642. The molecule has 2 aliphatic carbocycles. The van der Waals surface area contributed by atoms with E-state index in [1.165, 1.54) is 52.1 Å². The van der Waals surface area contributed by atoms with Crippen molar-refractivity contribution in [1.29, 1.82) is 0 Å².